The lowest BCUT2D eigenvalue weighted by Gasteiger charge is -2.32. The van der Waals surface area contributed by atoms with Crippen LogP contribution >= 0.6 is 0 Å². The van der Waals surface area contributed by atoms with Crippen molar-refractivity contribution in [1.29, 1.82) is 0 Å². The smallest absolute Gasteiger partial charge is 0.329 e. The number of urea groups is 1. The summed E-state index contributed by atoms with van der Waals surface area (Å²) in [7, 11) is 0. The van der Waals surface area contributed by atoms with Gasteiger partial charge in [-0.2, -0.15) is 0 Å². The molecular weight excluding hydrogens is 270 g/mol. The molecule has 1 heterocycles. The molecule has 0 radical (unpaired) electrons. The fourth-order valence-electron chi connectivity index (χ4n) is 2.79. The molecule has 0 saturated carbocycles. The van der Waals surface area contributed by atoms with Crippen LogP contribution in [0.4, 0.5) is 4.79 Å². The Morgan fingerprint density at radius 1 is 1.19 bits per heavy atom. The minimum atomic E-state index is -1.16. The van der Waals surface area contributed by atoms with Crippen molar-refractivity contribution in [3.8, 4) is 0 Å². The second-order valence-electron chi connectivity index (χ2n) is 5.81. The van der Waals surface area contributed by atoms with Gasteiger partial charge in [-0.15, -0.1) is 0 Å². The third-order valence-corrected chi connectivity index (χ3v) is 4.67. The van der Waals surface area contributed by atoms with Crippen molar-refractivity contribution in [2.45, 2.75) is 52.0 Å². The van der Waals surface area contributed by atoms with Crippen molar-refractivity contribution in [2.24, 2.45) is 5.92 Å². The number of nitrogens with one attached hydrogen (secondary N) is 2. The Labute approximate surface area is 127 Å². The number of likely N-dealkylation sites (tertiary alicyclic amines) is 1. The predicted octanol–water partition coefficient (Wildman–Crippen LogP) is 1.66. The summed E-state index contributed by atoms with van der Waals surface area (Å²) in [6, 6.07) is -0.376. The van der Waals surface area contributed by atoms with Crippen LogP contribution in [-0.4, -0.2) is 53.7 Å². The molecular formula is C15H29N3O3. The molecule has 6 nitrogen and oxygen atoms in total. The Kier molecular flexibility index (Phi) is 6.95. The Morgan fingerprint density at radius 3 is 2.19 bits per heavy atom. The average Bonchev–Trinajstić information content (AvgIpc) is 2.50. The van der Waals surface area contributed by atoms with Crippen LogP contribution in [-0.2, 0) is 4.79 Å². The van der Waals surface area contributed by atoms with Gasteiger partial charge in [0.2, 0.25) is 0 Å². The number of hydrogen-bond donors (Lipinski definition) is 3. The van der Waals surface area contributed by atoms with E-state index in [1.807, 2.05) is 0 Å². The molecule has 1 rings (SSSR count). The Balaban J connectivity index is 2.38. The number of amides is 2. The molecule has 1 saturated heterocycles. The summed E-state index contributed by atoms with van der Waals surface area (Å²) in [6.45, 7) is 9.56. The quantitative estimate of drug-likeness (QED) is 0.668. The van der Waals surface area contributed by atoms with E-state index in [2.05, 4.69) is 22.5 Å². The van der Waals surface area contributed by atoms with Crippen LogP contribution in [0, 0.1) is 5.92 Å². The summed E-state index contributed by atoms with van der Waals surface area (Å²) >= 11 is 0. The van der Waals surface area contributed by atoms with Gasteiger partial charge in [-0.1, -0.05) is 20.8 Å². The van der Waals surface area contributed by atoms with E-state index in [1.165, 1.54) is 0 Å². The fourth-order valence-corrected chi connectivity index (χ4v) is 2.79. The van der Waals surface area contributed by atoms with Gasteiger partial charge in [-0.3, -0.25) is 0 Å². The lowest BCUT2D eigenvalue weighted by atomic mass is 9.93. The number of carboxylic acid groups (broad SMARTS) is 1. The van der Waals surface area contributed by atoms with Crippen LogP contribution in [0.25, 0.3) is 0 Å². The maximum Gasteiger partial charge on any atom is 0.329 e. The summed E-state index contributed by atoms with van der Waals surface area (Å²) in [6.07, 6.45) is 2.92. The van der Waals surface area contributed by atoms with Gasteiger partial charge in [-0.05, 0) is 51.2 Å². The predicted molar refractivity (Wildman–Crippen MR) is 82.3 cm³/mol. The van der Waals surface area contributed by atoms with Crippen LogP contribution in [0.3, 0.4) is 0 Å². The van der Waals surface area contributed by atoms with Crippen molar-refractivity contribution in [1.82, 2.24) is 15.5 Å². The lowest BCUT2D eigenvalue weighted by Crippen LogP contribution is -2.57. The second-order valence-corrected chi connectivity index (χ2v) is 5.81. The number of hydrogen-bond acceptors (Lipinski definition) is 3. The summed E-state index contributed by atoms with van der Waals surface area (Å²) in [4.78, 5) is 25.7. The third-order valence-electron chi connectivity index (χ3n) is 4.67. The van der Waals surface area contributed by atoms with Gasteiger partial charge in [0.15, 0.2) is 0 Å². The molecule has 1 aliphatic heterocycles. The molecule has 0 unspecified atom stereocenters. The van der Waals surface area contributed by atoms with Gasteiger partial charge in [0, 0.05) is 6.54 Å². The van der Waals surface area contributed by atoms with Gasteiger partial charge >= 0.3 is 12.0 Å². The van der Waals surface area contributed by atoms with E-state index in [-0.39, 0.29) is 6.03 Å². The van der Waals surface area contributed by atoms with Gasteiger partial charge in [0.1, 0.15) is 5.54 Å². The molecule has 6 heteroatoms. The van der Waals surface area contributed by atoms with Crippen molar-refractivity contribution in [3.63, 3.8) is 0 Å². The van der Waals surface area contributed by atoms with E-state index in [1.54, 1.807) is 13.8 Å². The third kappa shape index (κ3) is 4.88. The minimum absolute atomic E-state index is 0.376. The second kappa shape index (κ2) is 8.22. The molecule has 0 bridgehead atoms. The van der Waals surface area contributed by atoms with Crippen molar-refractivity contribution in [3.05, 3.63) is 0 Å². The number of nitrogens with zero attached hydrogens (tertiary/aromatic N) is 1. The highest BCUT2D eigenvalue weighted by atomic mass is 16.4. The highest BCUT2D eigenvalue weighted by molar-refractivity contribution is 5.86. The van der Waals surface area contributed by atoms with Crippen LogP contribution in [0.5, 0.6) is 0 Å². The molecule has 1 fully saturated rings. The zero-order valence-electron chi connectivity index (χ0n) is 13.4. The van der Waals surface area contributed by atoms with Crippen LogP contribution < -0.4 is 10.6 Å². The lowest BCUT2D eigenvalue weighted by molar-refractivity contribution is -0.144. The highest BCUT2D eigenvalue weighted by Gasteiger charge is 2.36. The molecule has 0 aromatic heterocycles. The van der Waals surface area contributed by atoms with E-state index in [0.29, 0.717) is 25.3 Å². The first-order valence-electron chi connectivity index (χ1n) is 7.99. The van der Waals surface area contributed by atoms with Gasteiger partial charge in [0.05, 0.1) is 0 Å². The van der Waals surface area contributed by atoms with Crippen molar-refractivity contribution >= 4 is 12.0 Å². The summed E-state index contributed by atoms with van der Waals surface area (Å²) in [5.41, 5.74) is -1.16. The number of carbonyl (C=O) groups is 2. The van der Waals surface area contributed by atoms with Gasteiger partial charge in [0.25, 0.3) is 0 Å². The standard InChI is InChI=1S/C15H29N3O3/c1-4-15(5-2,13(19)20)17-14(21)16-11-12-7-9-18(6-3)10-8-12/h12H,4-11H2,1-3H3,(H,19,20)(H2,16,17,21). The number of rotatable bonds is 7. The van der Waals surface area contributed by atoms with Crippen LogP contribution in [0.1, 0.15) is 46.5 Å². The molecule has 0 aromatic rings. The van der Waals surface area contributed by atoms with Gasteiger partial charge < -0.3 is 20.6 Å². The van der Waals surface area contributed by atoms with E-state index < -0.39 is 11.5 Å². The molecule has 2 amide bonds. The van der Waals surface area contributed by atoms with E-state index >= 15 is 0 Å². The number of piperidine rings is 1. The molecule has 0 spiro atoms. The first-order valence-corrected chi connectivity index (χ1v) is 7.99. The van der Waals surface area contributed by atoms with Crippen molar-refractivity contribution in [2.75, 3.05) is 26.2 Å². The topological polar surface area (TPSA) is 81.7 Å². The molecule has 3 N–H and O–H groups in total. The fraction of sp³-hybridized carbons (Fsp3) is 0.867. The first-order chi connectivity index (χ1) is 9.97. The van der Waals surface area contributed by atoms with E-state index in [0.717, 1.165) is 32.5 Å². The molecule has 0 atom stereocenters. The monoisotopic (exact) mass is 299 g/mol. The Morgan fingerprint density at radius 2 is 1.76 bits per heavy atom. The largest absolute Gasteiger partial charge is 0.480 e. The molecule has 122 valence electrons. The minimum Gasteiger partial charge on any atom is -0.480 e. The first kappa shape index (κ1) is 17.8. The maximum absolute atomic E-state index is 11.9. The van der Waals surface area contributed by atoms with E-state index in [4.69, 9.17) is 0 Å². The maximum atomic E-state index is 11.9. The molecule has 1 aliphatic rings. The highest BCUT2D eigenvalue weighted by Crippen LogP contribution is 2.17. The number of carboxylic acids is 1. The zero-order valence-corrected chi connectivity index (χ0v) is 13.4. The Bertz CT molecular complexity index is 348. The average molecular weight is 299 g/mol. The normalized spacial score (nSPS) is 17.5. The number of carbonyl (C=O) groups excluding carboxylic acids is 1. The Hall–Kier alpha value is -1.30. The zero-order chi connectivity index (χ0) is 15.9. The van der Waals surface area contributed by atoms with E-state index in [9.17, 15) is 14.7 Å². The van der Waals surface area contributed by atoms with Crippen molar-refractivity contribution < 1.29 is 14.7 Å². The van der Waals surface area contributed by atoms with Crippen LogP contribution in [0.15, 0.2) is 0 Å². The summed E-state index contributed by atoms with van der Waals surface area (Å²) in [5, 5.41) is 14.8. The number of aliphatic carboxylic acids is 1. The molecule has 0 aromatic carbocycles. The summed E-state index contributed by atoms with van der Waals surface area (Å²) < 4.78 is 0. The van der Waals surface area contributed by atoms with Gasteiger partial charge in [-0.25, -0.2) is 9.59 Å². The summed E-state index contributed by atoms with van der Waals surface area (Å²) in [5.74, 6) is -0.486. The SMILES string of the molecule is CCN1CCC(CNC(=O)NC(CC)(CC)C(=O)O)CC1. The molecule has 0 aliphatic carbocycles. The molecule has 21 heavy (non-hydrogen) atoms. The van der Waals surface area contributed by atoms with Crippen LogP contribution in [0.2, 0.25) is 0 Å².